The van der Waals surface area contributed by atoms with Gasteiger partial charge in [-0.2, -0.15) is 5.10 Å². The normalized spacial score (nSPS) is 12.2. The van der Waals surface area contributed by atoms with Crippen molar-refractivity contribution >= 4 is 27.3 Å². The maximum Gasteiger partial charge on any atom is 0.241 e. The lowest BCUT2D eigenvalue weighted by Gasteiger charge is -1.97. The summed E-state index contributed by atoms with van der Waals surface area (Å²) in [5.74, 6) is 0. The molecule has 0 aliphatic heterocycles. The van der Waals surface area contributed by atoms with E-state index in [1.807, 2.05) is 0 Å². The molecule has 6 nitrogen and oxygen atoms in total. The summed E-state index contributed by atoms with van der Waals surface area (Å²) < 4.78 is 23.4. The molecule has 0 atom stereocenters. The Labute approximate surface area is 90.7 Å². The number of aryl methyl sites for hydroxylation is 1. The molecule has 0 aliphatic carbocycles. The summed E-state index contributed by atoms with van der Waals surface area (Å²) >= 11 is 5.88. The van der Waals surface area contributed by atoms with E-state index in [2.05, 4.69) is 10.1 Å². The second-order valence-electron chi connectivity index (χ2n) is 3.00. The second kappa shape index (κ2) is 3.16. The van der Waals surface area contributed by atoms with E-state index < -0.39 is 10.0 Å². The van der Waals surface area contributed by atoms with Crippen LogP contribution < -0.4 is 5.14 Å². The van der Waals surface area contributed by atoms with Crippen LogP contribution in [0, 0.1) is 6.92 Å². The lowest BCUT2D eigenvalue weighted by molar-refractivity contribution is 0.596. The molecular weight excluding hydrogens is 240 g/mol. The third-order valence-electron chi connectivity index (χ3n) is 1.88. The van der Waals surface area contributed by atoms with Crippen LogP contribution in [0.2, 0.25) is 5.02 Å². The van der Waals surface area contributed by atoms with Gasteiger partial charge in [-0.25, -0.2) is 23.1 Å². The molecule has 2 heterocycles. The lowest BCUT2D eigenvalue weighted by Crippen LogP contribution is -2.13. The van der Waals surface area contributed by atoms with Gasteiger partial charge in [0, 0.05) is 0 Å². The lowest BCUT2D eigenvalue weighted by atomic mass is 10.5. The molecule has 0 aromatic carbocycles. The van der Waals surface area contributed by atoms with E-state index >= 15 is 0 Å². The topological polar surface area (TPSA) is 90.4 Å². The fraction of sp³-hybridized carbons (Fsp3) is 0.143. The van der Waals surface area contributed by atoms with Crippen molar-refractivity contribution in [1.82, 2.24) is 14.6 Å². The summed E-state index contributed by atoms with van der Waals surface area (Å²) in [6.07, 6.45) is 2.42. The molecule has 8 heteroatoms. The minimum atomic E-state index is -3.76. The molecule has 0 unspecified atom stereocenters. The largest absolute Gasteiger partial charge is 0.241 e. The van der Waals surface area contributed by atoms with Crippen LogP contribution in [-0.4, -0.2) is 23.0 Å². The van der Waals surface area contributed by atoms with Gasteiger partial charge >= 0.3 is 0 Å². The molecule has 2 N–H and O–H groups in total. The zero-order valence-electron chi connectivity index (χ0n) is 7.68. The summed E-state index contributed by atoms with van der Waals surface area (Å²) in [4.78, 5) is 3.77. The van der Waals surface area contributed by atoms with Gasteiger partial charge in [-0.3, -0.25) is 0 Å². The predicted octanol–water partition coefficient (Wildman–Crippen LogP) is 0.339. The van der Waals surface area contributed by atoms with Gasteiger partial charge in [0.05, 0.1) is 18.1 Å². The van der Waals surface area contributed by atoms with Crippen molar-refractivity contribution < 1.29 is 8.42 Å². The van der Waals surface area contributed by atoms with Gasteiger partial charge in [0.2, 0.25) is 10.0 Å². The standard InChI is InChI=1S/C7H7ClN4O2S/c1-4-6(8)7-10-2-5(15(9,13)14)3-12(7)11-4/h2-3H,1H3,(H2,9,13,14). The zero-order chi connectivity index (χ0) is 11.2. The highest BCUT2D eigenvalue weighted by atomic mass is 35.5. The minimum Gasteiger partial charge on any atom is -0.234 e. The molecule has 0 spiro atoms. The van der Waals surface area contributed by atoms with E-state index in [-0.39, 0.29) is 4.90 Å². The van der Waals surface area contributed by atoms with Crippen LogP contribution in [0.25, 0.3) is 5.65 Å². The Balaban J connectivity index is 2.78. The van der Waals surface area contributed by atoms with Crippen LogP contribution in [0.4, 0.5) is 0 Å². The maximum atomic E-state index is 11.0. The van der Waals surface area contributed by atoms with E-state index in [1.54, 1.807) is 6.92 Å². The number of rotatable bonds is 1. The fourth-order valence-corrected chi connectivity index (χ4v) is 1.77. The highest BCUT2D eigenvalue weighted by molar-refractivity contribution is 7.89. The maximum absolute atomic E-state index is 11.0. The number of primary sulfonamides is 1. The number of fused-ring (bicyclic) bond motifs is 1. The first-order valence-electron chi connectivity index (χ1n) is 3.93. The number of hydrogen-bond donors (Lipinski definition) is 1. The number of sulfonamides is 1. The molecule has 2 aromatic heterocycles. The highest BCUT2D eigenvalue weighted by Gasteiger charge is 2.13. The molecule has 2 rings (SSSR count). The smallest absolute Gasteiger partial charge is 0.234 e. The molecule has 15 heavy (non-hydrogen) atoms. The van der Waals surface area contributed by atoms with E-state index in [1.165, 1.54) is 10.7 Å². The van der Waals surface area contributed by atoms with E-state index in [0.717, 1.165) is 6.20 Å². The summed E-state index contributed by atoms with van der Waals surface area (Å²) in [6, 6.07) is 0. The Morgan fingerprint density at radius 2 is 2.20 bits per heavy atom. The summed E-state index contributed by atoms with van der Waals surface area (Å²) in [5.41, 5.74) is 0.984. The SMILES string of the molecule is Cc1nn2cc(S(N)(=O)=O)cnc2c1Cl. The van der Waals surface area contributed by atoms with Crippen molar-refractivity contribution in [2.24, 2.45) is 5.14 Å². The summed E-state index contributed by atoms with van der Waals surface area (Å²) in [7, 11) is -3.76. The Hall–Kier alpha value is -1.18. The average Bonchev–Trinajstić information content (AvgIpc) is 2.41. The van der Waals surface area contributed by atoms with Crippen LogP contribution in [-0.2, 0) is 10.0 Å². The molecule has 0 radical (unpaired) electrons. The number of halogens is 1. The predicted molar refractivity (Wildman–Crippen MR) is 54.1 cm³/mol. The monoisotopic (exact) mass is 246 g/mol. The molecule has 0 bridgehead atoms. The molecule has 2 aromatic rings. The van der Waals surface area contributed by atoms with Gasteiger partial charge in [0.1, 0.15) is 9.92 Å². The van der Waals surface area contributed by atoms with E-state index in [4.69, 9.17) is 16.7 Å². The van der Waals surface area contributed by atoms with Gasteiger partial charge < -0.3 is 0 Å². The van der Waals surface area contributed by atoms with Crippen LogP contribution in [0.3, 0.4) is 0 Å². The fourth-order valence-electron chi connectivity index (χ4n) is 1.15. The van der Waals surface area contributed by atoms with Crippen molar-refractivity contribution in [3.8, 4) is 0 Å². The number of hydrogen-bond acceptors (Lipinski definition) is 4. The Morgan fingerprint density at radius 3 is 2.80 bits per heavy atom. The first-order chi connectivity index (χ1) is 6.89. The van der Waals surface area contributed by atoms with Crippen LogP contribution >= 0.6 is 11.6 Å². The van der Waals surface area contributed by atoms with Gasteiger partial charge in [-0.1, -0.05) is 11.6 Å². The average molecular weight is 247 g/mol. The molecule has 80 valence electrons. The highest BCUT2D eigenvalue weighted by Crippen LogP contribution is 2.19. The van der Waals surface area contributed by atoms with Crippen LogP contribution in [0.1, 0.15) is 5.69 Å². The first kappa shape index (κ1) is 10.3. The molecule has 0 saturated carbocycles. The van der Waals surface area contributed by atoms with Gasteiger partial charge in [-0.15, -0.1) is 0 Å². The number of nitrogens with two attached hydrogens (primary N) is 1. The second-order valence-corrected chi connectivity index (χ2v) is 4.94. The number of aromatic nitrogens is 3. The van der Waals surface area contributed by atoms with Gasteiger partial charge in [0.15, 0.2) is 5.65 Å². The van der Waals surface area contributed by atoms with Crippen molar-refractivity contribution in [2.75, 3.05) is 0 Å². The van der Waals surface area contributed by atoms with Gasteiger partial charge in [0.25, 0.3) is 0 Å². The Bertz CT molecular complexity index is 634. The van der Waals surface area contributed by atoms with Crippen molar-refractivity contribution in [2.45, 2.75) is 11.8 Å². The van der Waals surface area contributed by atoms with Crippen LogP contribution in [0.15, 0.2) is 17.3 Å². The Kier molecular flexibility index (Phi) is 2.18. The molecule has 0 fully saturated rings. The quantitative estimate of drug-likeness (QED) is 0.786. The van der Waals surface area contributed by atoms with Gasteiger partial charge in [-0.05, 0) is 6.92 Å². The van der Waals surface area contributed by atoms with E-state index in [9.17, 15) is 8.42 Å². The third kappa shape index (κ3) is 1.69. The first-order valence-corrected chi connectivity index (χ1v) is 5.85. The summed E-state index contributed by atoms with van der Waals surface area (Å²) in [5, 5.41) is 9.34. The van der Waals surface area contributed by atoms with Crippen molar-refractivity contribution in [3.05, 3.63) is 23.1 Å². The molecule has 0 aliphatic rings. The van der Waals surface area contributed by atoms with Crippen molar-refractivity contribution in [1.29, 1.82) is 0 Å². The molecule has 0 amide bonds. The molecular formula is C7H7ClN4O2S. The summed E-state index contributed by atoms with van der Waals surface area (Å²) in [6.45, 7) is 1.70. The third-order valence-corrected chi connectivity index (χ3v) is 3.19. The zero-order valence-corrected chi connectivity index (χ0v) is 9.25. The molecule has 0 saturated heterocycles. The van der Waals surface area contributed by atoms with Crippen LogP contribution in [0.5, 0.6) is 0 Å². The number of nitrogens with zero attached hydrogens (tertiary/aromatic N) is 3. The Morgan fingerprint density at radius 1 is 1.53 bits per heavy atom. The minimum absolute atomic E-state index is 0.103. The van der Waals surface area contributed by atoms with E-state index in [0.29, 0.717) is 16.4 Å². The van der Waals surface area contributed by atoms with Crippen molar-refractivity contribution in [3.63, 3.8) is 0 Å².